The molecule has 0 atom stereocenters. The third kappa shape index (κ3) is 1.74. The molecular formula is C16H19N3O. The van der Waals surface area contributed by atoms with Crippen LogP contribution in [0.1, 0.15) is 36.0 Å². The van der Waals surface area contributed by atoms with Crippen molar-refractivity contribution in [1.29, 1.82) is 0 Å². The molecule has 104 valence electrons. The van der Waals surface area contributed by atoms with E-state index in [1.54, 1.807) is 6.33 Å². The summed E-state index contributed by atoms with van der Waals surface area (Å²) in [7, 11) is 1.96. The minimum atomic E-state index is 0.143. The molecule has 0 unspecified atom stereocenters. The maximum absolute atomic E-state index is 12.7. The first-order chi connectivity index (χ1) is 9.69. The molecule has 4 rings (SSSR count). The van der Waals surface area contributed by atoms with E-state index in [1.165, 1.54) is 25.7 Å². The number of aromatic nitrogens is 2. The molecule has 20 heavy (non-hydrogen) atoms. The van der Waals surface area contributed by atoms with E-state index in [9.17, 15) is 4.79 Å². The van der Waals surface area contributed by atoms with Gasteiger partial charge in [-0.05, 0) is 43.2 Å². The fourth-order valence-corrected chi connectivity index (χ4v) is 3.36. The third-order valence-corrected chi connectivity index (χ3v) is 5.05. The van der Waals surface area contributed by atoms with Crippen LogP contribution in [-0.4, -0.2) is 33.4 Å². The second-order valence-electron chi connectivity index (χ2n) is 6.32. The van der Waals surface area contributed by atoms with Crippen LogP contribution in [0, 0.1) is 5.41 Å². The number of aryl methyl sites for hydroxylation is 1. The second kappa shape index (κ2) is 4.08. The molecule has 0 bridgehead atoms. The lowest BCUT2D eigenvalue weighted by molar-refractivity contribution is 0.0680. The summed E-state index contributed by atoms with van der Waals surface area (Å²) in [5.74, 6) is 0.143. The number of fused-ring (bicyclic) bond motifs is 1. The SMILES string of the molecule is Cn1cnc2c(C(=O)N3CCC4(CC3)CC4)cccc21. The lowest BCUT2D eigenvalue weighted by Crippen LogP contribution is -2.39. The van der Waals surface area contributed by atoms with Gasteiger partial charge in [0, 0.05) is 20.1 Å². The van der Waals surface area contributed by atoms with E-state index in [1.807, 2.05) is 34.7 Å². The van der Waals surface area contributed by atoms with Crippen molar-refractivity contribution in [3.8, 4) is 0 Å². The Bertz CT molecular complexity index is 674. The number of benzene rings is 1. The first-order valence-electron chi connectivity index (χ1n) is 7.38. The largest absolute Gasteiger partial charge is 0.339 e. The molecule has 2 fully saturated rings. The molecule has 1 aromatic heterocycles. The van der Waals surface area contributed by atoms with Crippen LogP contribution in [0.5, 0.6) is 0 Å². The molecule has 1 aliphatic carbocycles. The first kappa shape index (κ1) is 11.9. The minimum absolute atomic E-state index is 0.143. The van der Waals surface area contributed by atoms with Gasteiger partial charge in [-0.2, -0.15) is 0 Å². The zero-order valence-electron chi connectivity index (χ0n) is 11.8. The molecule has 2 heterocycles. The summed E-state index contributed by atoms with van der Waals surface area (Å²) in [6.07, 6.45) is 6.86. The fourth-order valence-electron chi connectivity index (χ4n) is 3.36. The maximum Gasteiger partial charge on any atom is 0.256 e. The zero-order chi connectivity index (χ0) is 13.7. The van der Waals surface area contributed by atoms with Crippen LogP contribution in [0.4, 0.5) is 0 Å². The molecule has 2 aromatic rings. The molecule has 0 radical (unpaired) electrons. The summed E-state index contributed by atoms with van der Waals surface area (Å²) in [6, 6.07) is 5.86. The van der Waals surface area contributed by atoms with Gasteiger partial charge in [0.25, 0.3) is 5.91 Å². The van der Waals surface area contributed by atoms with Gasteiger partial charge in [0.2, 0.25) is 0 Å². The van der Waals surface area contributed by atoms with Crippen molar-refractivity contribution < 1.29 is 4.79 Å². The van der Waals surface area contributed by atoms with Crippen molar-refractivity contribution in [1.82, 2.24) is 14.5 Å². The fraction of sp³-hybridized carbons (Fsp3) is 0.500. The van der Waals surface area contributed by atoms with Crippen LogP contribution in [0.15, 0.2) is 24.5 Å². The topological polar surface area (TPSA) is 38.1 Å². The molecule has 1 saturated carbocycles. The van der Waals surface area contributed by atoms with Crippen molar-refractivity contribution in [2.24, 2.45) is 12.5 Å². The number of hydrogen-bond donors (Lipinski definition) is 0. The number of rotatable bonds is 1. The highest BCUT2D eigenvalue weighted by Gasteiger charge is 2.45. The smallest absolute Gasteiger partial charge is 0.256 e. The van der Waals surface area contributed by atoms with Crippen molar-refractivity contribution in [3.63, 3.8) is 0 Å². The van der Waals surface area contributed by atoms with Gasteiger partial charge < -0.3 is 9.47 Å². The van der Waals surface area contributed by atoms with E-state index in [-0.39, 0.29) is 5.91 Å². The number of amides is 1. The number of carbonyl (C=O) groups excluding carboxylic acids is 1. The monoisotopic (exact) mass is 269 g/mol. The highest BCUT2D eigenvalue weighted by Crippen LogP contribution is 2.53. The Morgan fingerprint density at radius 2 is 1.95 bits per heavy atom. The van der Waals surface area contributed by atoms with Gasteiger partial charge in [-0.1, -0.05) is 6.07 Å². The van der Waals surface area contributed by atoms with Crippen molar-refractivity contribution in [2.45, 2.75) is 25.7 Å². The average Bonchev–Trinajstić information content (AvgIpc) is 3.13. The summed E-state index contributed by atoms with van der Waals surface area (Å²) in [5.41, 5.74) is 3.20. The van der Waals surface area contributed by atoms with Gasteiger partial charge >= 0.3 is 0 Å². The Morgan fingerprint density at radius 3 is 2.65 bits per heavy atom. The molecule has 1 spiro atoms. The molecule has 4 heteroatoms. The Hall–Kier alpha value is -1.84. The normalized spacial score (nSPS) is 20.6. The van der Waals surface area contributed by atoms with Gasteiger partial charge in [-0.25, -0.2) is 4.98 Å². The average molecular weight is 269 g/mol. The van der Waals surface area contributed by atoms with E-state index in [4.69, 9.17) is 0 Å². The number of likely N-dealkylation sites (tertiary alicyclic amines) is 1. The Balaban J connectivity index is 1.63. The van der Waals surface area contributed by atoms with E-state index < -0.39 is 0 Å². The van der Waals surface area contributed by atoms with Gasteiger partial charge in [-0.3, -0.25) is 4.79 Å². The molecule has 1 aliphatic heterocycles. The van der Waals surface area contributed by atoms with Crippen LogP contribution >= 0.6 is 0 Å². The number of imidazole rings is 1. The van der Waals surface area contributed by atoms with Gasteiger partial charge in [-0.15, -0.1) is 0 Å². The highest BCUT2D eigenvalue weighted by atomic mass is 16.2. The molecule has 2 aliphatic rings. The predicted molar refractivity (Wildman–Crippen MR) is 77.5 cm³/mol. The lowest BCUT2D eigenvalue weighted by atomic mass is 9.93. The minimum Gasteiger partial charge on any atom is -0.339 e. The number of para-hydroxylation sites is 1. The first-order valence-corrected chi connectivity index (χ1v) is 7.38. The standard InChI is InChI=1S/C16H19N3O/c1-18-11-17-14-12(3-2-4-13(14)18)15(20)19-9-7-16(5-6-16)8-10-19/h2-4,11H,5-10H2,1H3. The van der Waals surface area contributed by atoms with Crippen molar-refractivity contribution >= 4 is 16.9 Å². The molecule has 1 amide bonds. The predicted octanol–water partition coefficient (Wildman–Crippen LogP) is 2.59. The van der Waals surface area contributed by atoms with E-state index in [0.717, 1.165) is 29.7 Å². The van der Waals surface area contributed by atoms with Crippen LogP contribution in [-0.2, 0) is 7.05 Å². The highest BCUT2D eigenvalue weighted by molar-refractivity contribution is 6.04. The summed E-state index contributed by atoms with van der Waals surface area (Å²) < 4.78 is 1.96. The van der Waals surface area contributed by atoms with E-state index in [0.29, 0.717) is 5.41 Å². The summed E-state index contributed by atoms with van der Waals surface area (Å²) in [5, 5.41) is 0. The van der Waals surface area contributed by atoms with E-state index in [2.05, 4.69) is 4.98 Å². The zero-order valence-corrected chi connectivity index (χ0v) is 11.8. The summed E-state index contributed by atoms with van der Waals surface area (Å²) in [6.45, 7) is 1.81. The quantitative estimate of drug-likeness (QED) is 0.798. The second-order valence-corrected chi connectivity index (χ2v) is 6.32. The Morgan fingerprint density at radius 1 is 1.20 bits per heavy atom. The number of nitrogens with zero attached hydrogens (tertiary/aromatic N) is 3. The number of piperidine rings is 1. The van der Waals surface area contributed by atoms with Crippen molar-refractivity contribution in [3.05, 3.63) is 30.1 Å². The molecule has 1 aromatic carbocycles. The number of hydrogen-bond acceptors (Lipinski definition) is 2. The van der Waals surface area contributed by atoms with Crippen LogP contribution in [0.2, 0.25) is 0 Å². The lowest BCUT2D eigenvalue weighted by Gasteiger charge is -2.32. The molecular weight excluding hydrogens is 250 g/mol. The van der Waals surface area contributed by atoms with Crippen LogP contribution in [0.25, 0.3) is 11.0 Å². The Kier molecular flexibility index (Phi) is 2.43. The Labute approximate surface area is 118 Å². The molecule has 4 nitrogen and oxygen atoms in total. The maximum atomic E-state index is 12.7. The third-order valence-electron chi connectivity index (χ3n) is 5.05. The number of carbonyl (C=O) groups is 1. The molecule has 0 N–H and O–H groups in total. The molecule has 1 saturated heterocycles. The van der Waals surface area contributed by atoms with Crippen LogP contribution in [0.3, 0.4) is 0 Å². The van der Waals surface area contributed by atoms with Gasteiger partial charge in [0.15, 0.2) is 0 Å². The van der Waals surface area contributed by atoms with Gasteiger partial charge in [0.1, 0.15) is 5.52 Å². The van der Waals surface area contributed by atoms with Crippen molar-refractivity contribution in [2.75, 3.05) is 13.1 Å². The summed E-state index contributed by atoms with van der Waals surface area (Å²) in [4.78, 5) is 19.1. The van der Waals surface area contributed by atoms with Gasteiger partial charge in [0.05, 0.1) is 17.4 Å². The summed E-state index contributed by atoms with van der Waals surface area (Å²) >= 11 is 0. The van der Waals surface area contributed by atoms with Crippen LogP contribution < -0.4 is 0 Å². The van der Waals surface area contributed by atoms with E-state index >= 15 is 0 Å².